The van der Waals surface area contributed by atoms with Crippen molar-refractivity contribution in [2.45, 2.75) is 67.4 Å². The van der Waals surface area contributed by atoms with Crippen molar-refractivity contribution < 1.29 is 19.5 Å². The molecule has 128 valence electrons. The molecule has 0 unspecified atom stereocenters. The van der Waals surface area contributed by atoms with Crippen molar-refractivity contribution in [3.8, 4) is 0 Å². The van der Waals surface area contributed by atoms with Crippen LogP contribution in [0.2, 0.25) is 0 Å². The van der Waals surface area contributed by atoms with E-state index in [1.165, 1.54) is 20.8 Å². The lowest BCUT2D eigenvalue weighted by Crippen LogP contribution is -2.39. The van der Waals surface area contributed by atoms with E-state index in [1.807, 2.05) is 6.92 Å². The molecule has 4 nitrogen and oxygen atoms in total. The molecule has 6 atom stereocenters. The molecule has 0 aromatic heterocycles. The molecular weight excluding hydrogens is 280 g/mol. The van der Waals surface area contributed by atoms with E-state index < -0.39 is 23.9 Å². The van der Waals surface area contributed by atoms with Gasteiger partial charge in [0.15, 0.2) is 5.78 Å². The highest BCUT2D eigenvalue weighted by Gasteiger charge is 2.35. The summed E-state index contributed by atoms with van der Waals surface area (Å²) in [7, 11) is 0. The third kappa shape index (κ3) is 5.64. The number of aliphatic hydroxyl groups excluding tert-OH is 1. The fourth-order valence-corrected chi connectivity index (χ4v) is 2.71. The summed E-state index contributed by atoms with van der Waals surface area (Å²) in [6.45, 7) is 12.2. The summed E-state index contributed by atoms with van der Waals surface area (Å²) in [6.07, 6.45) is 1.12. The van der Waals surface area contributed by atoms with Crippen LogP contribution in [-0.4, -0.2) is 28.6 Å². The van der Waals surface area contributed by atoms with E-state index in [4.69, 9.17) is 0 Å². The number of hydrogen-bond donors (Lipinski definition) is 1. The average molecular weight is 312 g/mol. The molecule has 0 aromatic rings. The molecule has 0 saturated heterocycles. The fourth-order valence-electron chi connectivity index (χ4n) is 2.71. The standard InChI is InChI=1S/C18H32O4/c1-8-10(2)9-11(3)16(20)13(5)18(22)14(6)17(21)12(4)15(7)19/h10-14,16,20H,8-9H2,1-7H3/t10-,11-,12-,13+,14-,16-/m0/s1. The second kappa shape index (κ2) is 9.19. The predicted octanol–water partition coefficient (Wildman–Crippen LogP) is 3.06. The highest BCUT2D eigenvalue weighted by molar-refractivity contribution is 6.11. The lowest BCUT2D eigenvalue weighted by atomic mass is 9.79. The van der Waals surface area contributed by atoms with Gasteiger partial charge in [-0.25, -0.2) is 0 Å². The van der Waals surface area contributed by atoms with Gasteiger partial charge in [-0.1, -0.05) is 34.1 Å². The van der Waals surface area contributed by atoms with E-state index in [1.54, 1.807) is 6.92 Å². The van der Waals surface area contributed by atoms with Gasteiger partial charge in [-0.05, 0) is 39.0 Å². The van der Waals surface area contributed by atoms with Crippen LogP contribution in [0.1, 0.15) is 61.3 Å². The van der Waals surface area contributed by atoms with Crippen molar-refractivity contribution >= 4 is 17.3 Å². The average Bonchev–Trinajstić information content (AvgIpc) is 2.49. The second-order valence-corrected chi connectivity index (χ2v) is 6.86. The van der Waals surface area contributed by atoms with Crippen LogP contribution in [0, 0.1) is 29.6 Å². The van der Waals surface area contributed by atoms with Crippen molar-refractivity contribution in [3.05, 3.63) is 0 Å². The third-order valence-electron chi connectivity index (χ3n) is 4.91. The van der Waals surface area contributed by atoms with E-state index in [0.717, 1.165) is 12.8 Å². The Balaban J connectivity index is 4.83. The first kappa shape index (κ1) is 21.0. The molecule has 0 rings (SSSR count). The maximum atomic E-state index is 12.4. The lowest BCUT2D eigenvalue weighted by Gasteiger charge is -2.27. The summed E-state index contributed by atoms with van der Waals surface area (Å²) in [5.41, 5.74) is 0. The maximum absolute atomic E-state index is 12.4. The molecule has 1 N–H and O–H groups in total. The van der Waals surface area contributed by atoms with E-state index in [-0.39, 0.29) is 23.3 Å². The van der Waals surface area contributed by atoms with Gasteiger partial charge in [-0.3, -0.25) is 14.4 Å². The minimum atomic E-state index is -0.848. The number of carbonyl (C=O) groups excluding carboxylic acids is 3. The van der Waals surface area contributed by atoms with Crippen LogP contribution in [0.5, 0.6) is 0 Å². The molecule has 0 radical (unpaired) electrons. The Labute approximate surface area is 134 Å². The zero-order chi connectivity index (χ0) is 17.6. The molecule has 0 spiro atoms. The van der Waals surface area contributed by atoms with Crippen LogP contribution in [0.4, 0.5) is 0 Å². The van der Waals surface area contributed by atoms with Crippen molar-refractivity contribution in [2.75, 3.05) is 0 Å². The number of ketones is 3. The van der Waals surface area contributed by atoms with Crippen LogP contribution in [0.15, 0.2) is 0 Å². The van der Waals surface area contributed by atoms with Gasteiger partial charge in [0.1, 0.15) is 11.6 Å². The predicted molar refractivity (Wildman–Crippen MR) is 87.4 cm³/mol. The number of Topliss-reactive ketones (excluding diaryl/α,β-unsaturated/α-hetero) is 3. The third-order valence-corrected chi connectivity index (χ3v) is 4.91. The molecule has 0 aromatic carbocycles. The van der Waals surface area contributed by atoms with Crippen LogP contribution in [0.3, 0.4) is 0 Å². The minimum absolute atomic E-state index is 0.00133. The van der Waals surface area contributed by atoms with Gasteiger partial charge in [0.2, 0.25) is 0 Å². The number of aliphatic hydroxyl groups is 1. The number of hydrogen-bond acceptors (Lipinski definition) is 4. The first-order valence-electron chi connectivity index (χ1n) is 8.30. The largest absolute Gasteiger partial charge is 0.392 e. The van der Waals surface area contributed by atoms with Gasteiger partial charge < -0.3 is 5.11 Å². The van der Waals surface area contributed by atoms with Gasteiger partial charge in [0.05, 0.1) is 17.9 Å². The van der Waals surface area contributed by atoms with Crippen LogP contribution < -0.4 is 0 Å². The minimum Gasteiger partial charge on any atom is -0.392 e. The molecule has 0 heterocycles. The molecule has 4 heteroatoms. The smallest absolute Gasteiger partial charge is 0.153 e. The Morgan fingerprint density at radius 2 is 1.41 bits per heavy atom. The second-order valence-electron chi connectivity index (χ2n) is 6.86. The molecule has 0 bridgehead atoms. The zero-order valence-corrected chi connectivity index (χ0v) is 15.1. The molecule has 22 heavy (non-hydrogen) atoms. The van der Waals surface area contributed by atoms with Crippen molar-refractivity contribution in [1.29, 1.82) is 0 Å². The highest BCUT2D eigenvalue weighted by Crippen LogP contribution is 2.25. The summed E-state index contributed by atoms with van der Waals surface area (Å²) in [6, 6.07) is 0. The van der Waals surface area contributed by atoms with Crippen LogP contribution in [-0.2, 0) is 14.4 Å². The Hall–Kier alpha value is -1.03. The van der Waals surface area contributed by atoms with Gasteiger partial charge in [0.25, 0.3) is 0 Å². The molecular formula is C18H32O4. The Kier molecular flexibility index (Phi) is 8.76. The summed E-state index contributed by atoms with van der Waals surface area (Å²) in [4.78, 5) is 35.8. The first-order valence-corrected chi connectivity index (χ1v) is 8.30. The Morgan fingerprint density at radius 3 is 1.82 bits per heavy atom. The maximum Gasteiger partial charge on any atom is 0.153 e. The van der Waals surface area contributed by atoms with E-state index in [0.29, 0.717) is 5.92 Å². The van der Waals surface area contributed by atoms with Gasteiger partial charge in [0, 0.05) is 5.92 Å². The first-order chi connectivity index (χ1) is 10.0. The topological polar surface area (TPSA) is 71.4 Å². The van der Waals surface area contributed by atoms with Gasteiger partial charge >= 0.3 is 0 Å². The monoisotopic (exact) mass is 312 g/mol. The summed E-state index contributed by atoms with van der Waals surface area (Å²) in [5.74, 6) is -2.58. The summed E-state index contributed by atoms with van der Waals surface area (Å²) < 4.78 is 0. The molecule has 0 aliphatic rings. The van der Waals surface area contributed by atoms with Crippen molar-refractivity contribution in [2.24, 2.45) is 29.6 Å². The SMILES string of the molecule is CC[C@H](C)C[C@H](C)[C@H](O)[C@@H](C)C(=O)[C@@H](C)C(=O)[C@@H](C)C(C)=O. The van der Waals surface area contributed by atoms with Gasteiger partial charge in [-0.15, -0.1) is 0 Å². The van der Waals surface area contributed by atoms with E-state index >= 15 is 0 Å². The van der Waals surface area contributed by atoms with Crippen molar-refractivity contribution in [3.63, 3.8) is 0 Å². The zero-order valence-electron chi connectivity index (χ0n) is 15.1. The fraction of sp³-hybridized carbons (Fsp3) is 0.833. The summed E-state index contributed by atoms with van der Waals surface area (Å²) in [5, 5.41) is 10.4. The van der Waals surface area contributed by atoms with Crippen molar-refractivity contribution in [1.82, 2.24) is 0 Å². The van der Waals surface area contributed by atoms with Gasteiger partial charge in [-0.2, -0.15) is 0 Å². The Bertz CT molecular complexity index is 402. The molecule has 0 aliphatic carbocycles. The summed E-state index contributed by atoms with van der Waals surface area (Å²) >= 11 is 0. The highest BCUT2D eigenvalue weighted by atomic mass is 16.3. The van der Waals surface area contributed by atoms with E-state index in [9.17, 15) is 19.5 Å². The molecule has 0 fully saturated rings. The number of carbonyl (C=O) groups is 3. The van der Waals surface area contributed by atoms with E-state index in [2.05, 4.69) is 13.8 Å². The molecule has 0 amide bonds. The normalized spacial score (nSPS) is 19.6. The van der Waals surface area contributed by atoms with Crippen LogP contribution >= 0.6 is 0 Å². The lowest BCUT2D eigenvalue weighted by molar-refractivity contribution is -0.140. The number of rotatable bonds is 10. The van der Waals surface area contributed by atoms with Crippen LogP contribution in [0.25, 0.3) is 0 Å². The Morgan fingerprint density at radius 1 is 0.909 bits per heavy atom. The molecule has 0 aliphatic heterocycles. The quantitative estimate of drug-likeness (QED) is 0.629. The molecule has 0 saturated carbocycles.